The molecule has 1 aromatic rings. The minimum atomic E-state index is -0.930. The fourth-order valence-electron chi connectivity index (χ4n) is 1.84. The first-order valence-electron chi connectivity index (χ1n) is 5.64. The number of halogens is 3. The monoisotopic (exact) mass is 334 g/mol. The van der Waals surface area contributed by atoms with Crippen molar-refractivity contribution < 1.29 is 18.3 Å². The SMILES string of the molecule is CC1(C(=O)Nc2c(F)cc(F)cc2Br)COCC1N. The first-order chi connectivity index (χ1) is 8.84. The van der Waals surface area contributed by atoms with Gasteiger partial charge in [-0.1, -0.05) is 0 Å². The molecular formula is C12H13BrF2N2O2. The predicted molar refractivity (Wildman–Crippen MR) is 69.6 cm³/mol. The smallest absolute Gasteiger partial charge is 0.234 e. The third-order valence-corrected chi connectivity index (χ3v) is 3.91. The molecule has 0 spiro atoms. The zero-order valence-electron chi connectivity index (χ0n) is 10.2. The van der Waals surface area contributed by atoms with Crippen molar-refractivity contribution >= 4 is 27.5 Å². The number of hydrogen-bond donors (Lipinski definition) is 2. The lowest BCUT2D eigenvalue weighted by Crippen LogP contribution is -2.47. The number of anilines is 1. The maximum atomic E-state index is 13.6. The molecule has 3 N–H and O–H groups in total. The van der Waals surface area contributed by atoms with E-state index in [1.165, 1.54) is 0 Å². The second kappa shape index (κ2) is 5.15. The molecule has 0 aliphatic carbocycles. The van der Waals surface area contributed by atoms with Crippen LogP contribution in [-0.2, 0) is 9.53 Å². The molecule has 4 nitrogen and oxygen atoms in total. The van der Waals surface area contributed by atoms with Crippen LogP contribution in [0, 0.1) is 17.0 Å². The molecule has 104 valence electrons. The van der Waals surface area contributed by atoms with Crippen LogP contribution >= 0.6 is 15.9 Å². The Kier molecular flexibility index (Phi) is 3.89. The van der Waals surface area contributed by atoms with Crippen LogP contribution in [0.4, 0.5) is 14.5 Å². The summed E-state index contributed by atoms with van der Waals surface area (Å²) < 4.78 is 31.9. The molecule has 1 aliphatic heterocycles. The summed E-state index contributed by atoms with van der Waals surface area (Å²) in [5.74, 6) is -2.03. The van der Waals surface area contributed by atoms with E-state index in [1.54, 1.807) is 6.92 Å². The summed E-state index contributed by atoms with van der Waals surface area (Å²) in [6.45, 7) is 2.09. The van der Waals surface area contributed by atoms with Crippen molar-refractivity contribution in [1.29, 1.82) is 0 Å². The van der Waals surface area contributed by atoms with Crippen molar-refractivity contribution in [3.8, 4) is 0 Å². The number of benzene rings is 1. The van der Waals surface area contributed by atoms with E-state index in [0.29, 0.717) is 6.07 Å². The molecule has 2 unspecified atom stereocenters. The van der Waals surface area contributed by atoms with Gasteiger partial charge in [0.15, 0.2) is 5.82 Å². The lowest BCUT2D eigenvalue weighted by molar-refractivity contribution is -0.125. The van der Waals surface area contributed by atoms with E-state index in [0.717, 1.165) is 6.07 Å². The maximum absolute atomic E-state index is 13.6. The number of hydrogen-bond acceptors (Lipinski definition) is 3. The molecule has 1 saturated heterocycles. The normalized spacial score (nSPS) is 26.5. The van der Waals surface area contributed by atoms with Gasteiger partial charge in [-0.25, -0.2) is 8.78 Å². The summed E-state index contributed by atoms with van der Waals surface area (Å²) in [7, 11) is 0. The van der Waals surface area contributed by atoms with E-state index in [-0.39, 0.29) is 23.4 Å². The molecule has 1 heterocycles. The van der Waals surface area contributed by atoms with E-state index in [4.69, 9.17) is 10.5 Å². The second-order valence-electron chi connectivity index (χ2n) is 4.74. The van der Waals surface area contributed by atoms with Gasteiger partial charge in [-0.2, -0.15) is 0 Å². The van der Waals surface area contributed by atoms with Crippen LogP contribution < -0.4 is 11.1 Å². The summed E-state index contributed by atoms with van der Waals surface area (Å²) >= 11 is 3.01. The number of carbonyl (C=O) groups is 1. The third-order valence-electron chi connectivity index (χ3n) is 3.28. The van der Waals surface area contributed by atoms with E-state index < -0.39 is 29.0 Å². The highest BCUT2D eigenvalue weighted by atomic mass is 79.9. The number of ether oxygens (including phenoxy) is 1. The van der Waals surface area contributed by atoms with Gasteiger partial charge >= 0.3 is 0 Å². The minimum absolute atomic E-state index is 0.105. The molecule has 7 heteroatoms. The van der Waals surface area contributed by atoms with E-state index >= 15 is 0 Å². The van der Waals surface area contributed by atoms with Gasteiger partial charge in [0.25, 0.3) is 0 Å². The van der Waals surface area contributed by atoms with Crippen molar-refractivity contribution in [3.05, 3.63) is 28.2 Å². The van der Waals surface area contributed by atoms with Gasteiger partial charge in [0.05, 0.1) is 24.3 Å². The average Bonchev–Trinajstić information content (AvgIpc) is 2.65. The molecule has 2 rings (SSSR count). The highest BCUT2D eigenvalue weighted by molar-refractivity contribution is 9.10. The summed E-state index contributed by atoms with van der Waals surface area (Å²) in [6.07, 6.45) is 0. The Hall–Kier alpha value is -1.05. The van der Waals surface area contributed by atoms with E-state index in [2.05, 4.69) is 21.2 Å². The molecule has 1 fully saturated rings. The number of nitrogens with one attached hydrogen (secondary N) is 1. The van der Waals surface area contributed by atoms with Gasteiger partial charge < -0.3 is 15.8 Å². The van der Waals surface area contributed by atoms with E-state index in [9.17, 15) is 13.6 Å². The fourth-order valence-corrected chi connectivity index (χ4v) is 2.35. The van der Waals surface area contributed by atoms with Gasteiger partial charge in [0.2, 0.25) is 5.91 Å². The van der Waals surface area contributed by atoms with Crippen LogP contribution in [0.25, 0.3) is 0 Å². The molecule has 1 aliphatic rings. The first kappa shape index (κ1) is 14.4. The average molecular weight is 335 g/mol. The highest BCUT2D eigenvalue weighted by Crippen LogP contribution is 2.32. The van der Waals surface area contributed by atoms with Gasteiger partial charge in [-0.3, -0.25) is 4.79 Å². The molecule has 0 aromatic heterocycles. The van der Waals surface area contributed by atoms with Crippen molar-refractivity contribution in [2.75, 3.05) is 18.5 Å². The van der Waals surface area contributed by atoms with Crippen LogP contribution in [0.1, 0.15) is 6.92 Å². The minimum Gasteiger partial charge on any atom is -0.379 e. The lowest BCUT2D eigenvalue weighted by Gasteiger charge is -2.25. The Morgan fingerprint density at radius 2 is 2.26 bits per heavy atom. The number of rotatable bonds is 2. The maximum Gasteiger partial charge on any atom is 0.234 e. The summed E-state index contributed by atoms with van der Waals surface area (Å²) in [5, 5.41) is 2.43. The predicted octanol–water partition coefficient (Wildman–Crippen LogP) is 2.03. The molecule has 19 heavy (non-hydrogen) atoms. The standard InChI is InChI=1S/C12H13BrF2N2O2/c1-12(5-19-4-9(12)16)11(18)17-10-7(13)2-6(14)3-8(10)15/h2-3,9H,4-5,16H2,1H3,(H,17,18). The Bertz CT molecular complexity index is 503. The van der Waals surface area contributed by atoms with Crippen LogP contribution in [0.5, 0.6) is 0 Å². The Morgan fingerprint density at radius 1 is 1.58 bits per heavy atom. The first-order valence-corrected chi connectivity index (χ1v) is 6.43. The molecule has 1 amide bonds. The molecule has 0 bridgehead atoms. The van der Waals surface area contributed by atoms with Crippen molar-refractivity contribution in [2.24, 2.45) is 11.1 Å². The zero-order valence-corrected chi connectivity index (χ0v) is 11.8. The van der Waals surface area contributed by atoms with Crippen LogP contribution in [0.15, 0.2) is 16.6 Å². The number of amides is 1. The summed E-state index contributed by atoms with van der Waals surface area (Å²) in [6, 6.07) is 1.31. The topological polar surface area (TPSA) is 64.3 Å². The quantitative estimate of drug-likeness (QED) is 0.869. The molecule has 0 radical (unpaired) electrons. The van der Waals surface area contributed by atoms with E-state index in [1.807, 2.05) is 0 Å². The second-order valence-corrected chi connectivity index (χ2v) is 5.59. The van der Waals surface area contributed by atoms with Crippen molar-refractivity contribution in [1.82, 2.24) is 0 Å². The van der Waals surface area contributed by atoms with Crippen molar-refractivity contribution in [3.63, 3.8) is 0 Å². The zero-order chi connectivity index (χ0) is 14.2. The van der Waals surface area contributed by atoms with Gasteiger partial charge in [0.1, 0.15) is 5.82 Å². The Balaban J connectivity index is 2.25. The summed E-state index contributed by atoms with van der Waals surface area (Å²) in [5.41, 5.74) is 4.78. The van der Waals surface area contributed by atoms with Gasteiger partial charge in [-0.15, -0.1) is 0 Å². The third kappa shape index (κ3) is 2.63. The van der Waals surface area contributed by atoms with Gasteiger partial charge in [0, 0.05) is 16.6 Å². The lowest BCUT2D eigenvalue weighted by atomic mass is 9.85. The molecule has 0 saturated carbocycles. The molecular weight excluding hydrogens is 322 g/mol. The Morgan fingerprint density at radius 3 is 2.79 bits per heavy atom. The fraction of sp³-hybridized carbons (Fsp3) is 0.417. The molecule has 1 aromatic carbocycles. The van der Waals surface area contributed by atoms with Gasteiger partial charge in [-0.05, 0) is 28.9 Å². The largest absolute Gasteiger partial charge is 0.379 e. The van der Waals surface area contributed by atoms with Crippen LogP contribution in [0.3, 0.4) is 0 Å². The van der Waals surface area contributed by atoms with Crippen LogP contribution in [0.2, 0.25) is 0 Å². The van der Waals surface area contributed by atoms with Crippen LogP contribution in [-0.4, -0.2) is 25.2 Å². The van der Waals surface area contributed by atoms with Crippen molar-refractivity contribution in [2.45, 2.75) is 13.0 Å². The number of nitrogens with two attached hydrogens (primary N) is 1. The number of carbonyl (C=O) groups excluding carboxylic acids is 1. The summed E-state index contributed by atoms with van der Waals surface area (Å²) in [4.78, 5) is 12.2. The Labute approximate surface area is 117 Å². The molecule has 2 atom stereocenters. The highest BCUT2D eigenvalue weighted by Gasteiger charge is 2.44.